The molecule has 17 heavy (non-hydrogen) atoms. The molecule has 0 saturated carbocycles. The van der Waals surface area contributed by atoms with Gasteiger partial charge < -0.3 is 4.42 Å². The molecule has 0 aliphatic carbocycles. The van der Waals surface area contributed by atoms with Gasteiger partial charge in [0.25, 0.3) is 0 Å². The van der Waals surface area contributed by atoms with Gasteiger partial charge in [-0.25, -0.2) is 0 Å². The minimum absolute atomic E-state index is 0.0270. The Morgan fingerprint density at radius 3 is 2.59 bits per heavy atom. The zero-order valence-corrected chi connectivity index (χ0v) is 12.3. The number of unbranched alkanes of at least 4 members (excludes halogenated alkanes) is 4. The highest BCUT2D eigenvalue weighted by molar-refractivity contribution is 9.09. The van der Waals surface area contributed by atoms with Crippen molar-refractivity contribution in [2.45, 2.75) is 57.2 Å². The van der Waals surface area contributed by atoms with E-state index in [-0.39, 0.29) is 10.3 Å². The summed E-state index contributed by atoms with van der Waals surface area (Å²) >= 11 is 3.59. The van der Waals surface area contributed by atoms with Gasteiger partial charge in [0.15, 0.2) is 5.43 Å². The van der Waals surface area contributed by atoms with Crippen LogP contribution >= 0.6 is 15.9 Å². The lowest BCUT2D eigenvalue weighted by atomic mass is 10.1. The van der Waals surface area contributed by atoms with E-state index in [1.807, 2.05) is 6.92 Å². The van der Waals surface area contributed by atoms with E-state index in [0.29, 0.717) is 5.76 Å². The minimum Gasteiger partial charge on any atom is -0.465 e. The van der Waals surface area contributed by atoms with E-state index >= 15 is 0 Å². The molecule has 0 radical (unpaired) electrons. The predicted molar refractivity (Wildman–Crippen MR) is 74.8 cm³/mol. The quantitative estimate of drug-likeness (QED) is 0.537. The molecule has 1 heterocycles. The Bertz CT molecular complexity index is 384. The second-order valence-corrected chi connectivity index (χ2v) is 5.58. The summed E-state index contributed by atoms with van der Waals surface area (Å²) in [6, 6.07) is 3.10. The van der Waals surface area contributed by atoms with E-state index in [2.05, 4.69) is 22.9 Å². The van der Waals surface area contributed by atoms with E-state index < -0.39 is 0 Å². The Hall–Kier alpha value is -0.570. The Morgan fingerprint density at radius 1 is 1.24 bits per heavy atom. The normalized spacial score (nSPS) is 12.6. The van der Waals surface area contributed by atoms with Gasteiger partial charge in [-0.05, 0) is 13.3 Å². The number of hydrogen-bond donors (Lipinski definition) is 0. The van der Waals surface area contributed by atoms with Crippen LogP contribution in [0.15, 0.2) is 21.3 Å². The maximum atomic E-state index is 11.3. The van der Waals surface area contributed by atoms with Crippen molar-refractivity contribution >= 4 is 15.9 Å². The van der Waals surface area contributed by atoms with Crippen LogP contribution in [0, 0.1) is 6.92 Å². The average molecular weight is 301 g/mol. The topological polar surface area (TPSA) is 30.2 Å². The van der Waals surface area contributed by atoms with Crippen LogP contribution in [0.4, 0.5) is 0 Å². The van der Waals surface area contributed by atoms with Crippen LogP contribution in [0.3, 0.4) is 0 Å². The molecule has 1 rings (SSSR count). The van der Waals surface area contributed by atoms with Crippen LogP contribution < -0.4 is 5.43 Å². The maximum absolute atomic E-state index is 11.3. The summed E-state index contributed by atoms with van der Waals surface area (Å²) in [5.74, 6) is 1.44. The molecule has 1 aromatic rings. The molecule has 96 valence electrons. The molecule has 0 aliphatic heterocycles. The highest BCUT2D eigenvalue weighted by atomic mass is 79.9. The molecule has 0 bridgehead atoms. The lowest BCUT2D eigenvalue weighted by Gasteiger charge is -2.09. The zero-order valence-electron chi connectivity index (χ0n) is 10.7. The van der Waals surface area contributed by atoms with Gasteiger partial charge in [0.05, 0.1) is 4.83 Å². The highest BCUT2D eigenvalue weighted by Gasteiger charge is 2.10. The van der Waals surface area contributed by atoms with Crippen molar-refractivity contribution in [1.29, 1.82) is 0 Å². The fourth-order valence-electron chi connectivity index (χ4n) is 1.85. The molecule has 1 atom stereocenters. The number of hydrogen-bond acceptors (Lipinski definition) is 2. The van der Waals surface area contributed by atoms with Crippen LogP contribution in [-0.2, 0) is 0 Å². The zero-order chi connectivity index (χ0) is 12.7. The van der Waals surface area contributed by atoms with Crippen molar-refractivity contribution in [2.24, 2.45) is 0 Å². The van der Waals surface area contributed by atoms with Crippen LogP contribution in [-0.4, -0.2) is 0 Å². The summed E-state index contributed by atoms with van der Waals surface area (Å²) in [5.41, 5.74) is 0.0270. The van der Waals surface area contributed by atoms with Gasteiger partial charge in [0.1, 0.15) is 11.5 Å². The first-order chi connectivity index (χ1) is 8.13. The van der Waals surface area contributed by atoms with Crippen LogP contribution in [0.25, 0.3) is 0 Å². The van der Waals surface area contributed by atoms with Crippen molar-refractivity contribution in [3.05, 3.63) is 33.9 Å². The molecule has 0 fully saturated rings. The van der Waals surface area contributed by atoms with E-state index in [9.17, 15) is 4.79 Å². The van der Waals surface area contributed by atoms with Crippen molar-refractivity contribution < 1.29 is 4.42 Å². The summed E-state index contributed by atoms with van der Waals surface area (Å²) in [5, 5.41) is 0. The first kappa shape index (κ1) is 14.5. The number of rotatable bonds is 7. The van der Waals surface area contributed by atoms with E-state index in [4.69, 9.17) is 4.42 Å². The summed E-state index contributed by atoms with van der Waals surface area (Å²) in [7, 11) is 0. The van der Waals surface area contributed by atoms with E-state index in [1.165, 1.54) is 38.2 Å². The van der Waals surface area contributed by atoms with Gasteiger partial charge in [-0.2, -0.15) is 0 Å². The first-order valence-electron chi connectivity index (χ1n) is 6.39. The third kappa shape index (κ3) is 5.53. The summed E-state index contributed by atoms with van der Waals surface area (Å²) in [6.07, 6.45) is 7.33. The molecule has 1 unspecified atom stereocenters. The average Bonchev–Trinajstić information content (AvgIpc) is 2.27. The second-order valence-electron chi connectivity index (χ2n) is 4.48. The molecule has 0 spiro atoms. The summed E-state index contributed by atoms with van der Waals surface area (Å²) in [4.78, 5) is 11.5. The molecular weight excluding hydrogens is 280 g/mol. The molecule has 0 N–H and O–H groups in total. The Morgan fingerprint density at radius 2 is 1.94 bits per heavy atom. The number of halogens is 1. The molecule has 3 heteroatoms. The van der Waals surface area contributed by atoms with E-state index in [1.54, 1.807) is 6.07 Å². The van der Waals surface area contributed by atoms with Gasteiger partial charge in [-0.15, -0.1) is 0 Å². The maximum Gasteiger partial charge on any atom is 0.185 e. The van der Waals surface area contributed by atoms with Crippen LogP contribution in [0.1, 0.15) is 61.8 Å². The van der Waals surface area contributed by atoms with Crippen molar-refractivity contribution in [1.82, 2.24) is 0 Å². The largest absolute Gasteiger partial charge is 0.465 e. The minimum atomic E-state index is 0.0270. The van der Waals surface area contributed by atoms with Crippen molar-refractivity contribution in [3.63, 3.8) is 0 Å². The van der Waals surface area contributed by atoms with Gasteiger partial charge in [-0.1, -0.05) is 55.0 Å². The van der Waals surface area contributed by atoms with Crippen molar-refractivity contribution in [2.75, 3.05) is 0 Å². The third-order valence-electron chi connectivity index (χ3n) is 2.78. The van der Waals surface area contributed by atoms with Gasteiger partial charge in [-0.3, -0.25) is 4.79 Å². The molecule has 0 aromatic carbocycles. The SMILES string of the molecule is CCCCCCCC(Br)c1cc(=O)cc(C)o1. The third-order valence-corrected chi connectivity index (χ3v) is 3.69. The Balaban J connectivity index is 2.41. The standard InChI is InChI=1S/C14H21BrO2/c1-3-4-5-6-7-8-13(15)14-10-12(16)9-11(2)17-14/h9-10,13H,3-8H2,1-2H3. The van der Waals surface area contributed by atoms with Crippen molar-refractivity contribution in [3.8, 4) is 0 Å². The molecule has 1 aromatic heterocycles. The smallest absolute Gasteiger partial charge is 0.185 e. The lowest BCUT2D eigenvalue weighted by molar-refractivity contribution is 0.450. The van der Waals surface area contributed by atoms with Crippen LogP contribution in [0.5, 0.6) is 0 Å². The molecule has 0 amide bonds. The fourth-order valence-corrected chi connectivity index (χ4v) is 2.40. The second kappa shape index (κ2) is 7.70. The van der Waals surface area contributed by atoms with E-state index in [0.717, 1.165) is 12.2 Å². The predicted octanol–water partition coefficient (Wildman–Crippen LogP) is 4.74. The summed E-state index contributed by atoms with van der Waals surface area (Å²) in [6.45, 7) is 4.03. The monoisotopic (exact) mass is 300 g/mol. The number of aryl methyl sites for hydroxylation is 1. The fraction of sp³-hybridized carbons (Fsp3) is 0.643. The lowest BCUT2D eigenvalue weighted by Crippen LogP contribution is -2.02. The number of alkyl halides is 1. The highest BCUT2D eigenvalue weighted by Crippen LogP contribution is 2.28. The molecular formula is C14H21BrO2. The van der Waals surface area contributed by atoms with Crippen LogP contribution in [0.2, 0.25) is 0 Å². The van der Waals surface area contributed by atoms with Gasteiger partial charge >= 0.3 is 0 Å². The Kier molecular flexibility index (Phi) is 6.56. The summed E-state index contributed by atoms with van der Waals surface area (Å²) < 4.78 is 5.55. The van der Waals surface area contributed by atoms with Gasteiger partial charge in [0.2, 0.25) is 0 Å². The molecule has 0 saturated heterocycles. The first-order valence-corrected chi connectivity index (χ1v) is 7.30. The Labute approximate surface area is 112 Å². The molecule has 2 nitrogen and oxygen atoms in total. The molecule has 0 aliphatic rings. The van der Waals surface area contributed by atoms with Gasteiger partial charge in [0, 0.05) is 12.1 Å².